The van der Waals surface area contributed by atoms with Crippen LogP contribution in [0.1, 0.15) is 44.3 Å². The fraction of sp³-hybridized carbons (Fsp3) is 0.192. The summed E-state index contributed by atoms with van der Waals surface area (Å²) in [5, 5.41) is 5.58. The van der Waals surface area contributed by atoms with Crippen LogP contribution in [0, 0.1) is 6.92 Å². The summed E-state index contributed by atoms with van der Waals surface area (Å²) < 4.78 is 0. The maximum absolute atomic E-state index is 13.0. The predicted octanol–water partition coefficient (Wildman–Crippen LogP) is 4.72. The normalized spacial score (nSPS) is 12.2. The number of urea groups is 1. The van der Waals surface area contributed by atoms with Crippen LogP contribution < -0.4 is 15.5 Å². The van der Waals surface area contributed by atoms with Gasteiger partial charge in [-0.2, -0.15) is 0 Å². The van der Waals surface area contributed by atoms with Crippen LogP contribution >= 0.6 is 0 Å². The maximum Gasteiger partial charge on any atom is 0.319 e. The second-order valence-corrected chi connectivity index (χ2v) is 7.98. The molecule has 4 rings (SSSR count). The van der Waals surface area contributed by atoms with E-state index in [0.717, 1.165) is 28.8 Å². The zero-order valence-electron chi connectivity index (χ0n) is 18.1. The molecule has 3 aromatic rings. The molecular weight excluding hydrogens is 402 g/mol. The van der Waals surface area contributed by atoms with Crippen molar-refractivity contribution >= 4 is 29.1 Å². The van der Waals surface area contributed by atoms with Gasteiger partial charge in [0, 0.05) is 35.6 Å². The van der Waals surface area contributed by atoms with Gasteiger partial charge >= 0.3 is 6.03 Å². The van der Waals surface area contributed by atoms with E-state index < -0.39 is 0 Å². The molecule has 1 aliphatic heterocycles. The number of hydrogen-bond acceptors (Lipinski definition) is 3. The third-order valence-corrected chi connectivity index (χ3v) is 5.57. The molecule has 0 unspecified atom stereocenters. The highest BCUT2D eigenvalue weighted by Crippen LogP contribution is 2.30. The van der Waals surface area contributed by atoms with Crippen molar-refractivity contribution in [3.63, 3.8) is 0 Å². The standard InChI is InChI=1S/C26H25N3O3/c1-17-6-9-21(10-7-17)25(31)29-13-12-20-11-8-19(14-24(20)29)16-27-26(32)28-23-5-3-4-22(15-23)18(2)30/h3-11,14-15H,12-13,16H2,1-2H3,(H2,27,28,32). The van der Waals surface area contributed by atoms with Gasteiger partial charge in [-0.15, -0.1) is 0 Å². The van der Waals surface area contributed by atoms with Crippen molar-refractivity contribution in [2.75, 3.05) is 16.8 Å². The number of Topliss-reactive ketones (excluding diaryl/α,β-unsaturated/α-hetero) is 1. The lowest BCUT2D eigenvalue weighted by Gasteiger charge is -2.18. The summed E-state index contributed by atoms with van der Waals surface area (Å²) in [6.07, 6.45) is 0.813. The molecule has 2 N–H and O–H groups in total. The number of benzene rings is 3. The highest BCUT2D eigenvalue weighted by molar-refractivity contribution is 6.07. The summed E-state index contributed by atoms with van der Waals surface area (Å²) in [7, 11) is 0. The Balaban J connectivity index is 1.42. The van der Waals surface area contributed by atoms with Crippen molar-refractivity contribution in [3.05, 3.63) is 94.5 Å². The van der Waals surface area contributed by atoms with Gasteiger partial charge in [0.2, 0.25) is 0 Å². The molecule has 0 aliphatic carbocycles. The molecule has 0 spiro atoms. The molecule has 0 radical (unpaired) electrons. The number of carbonyl (C=O) groups excluding carboxylic acids is 3. The Kier molecular flexibility index (Phi) is 6.03. The molecular formula is C26H25N3O3. The quantitative estimate of drug-likeness (QED) is 0.578. The highest BCUT2D eigenvalue weighted by atomic mass is 16.2. The molecule has 162 valence electrons. The van der Waals surface area contributed by atoms with Crippen LogP contribution in [-0.4, -0.2) is 24.3 Å². The minimum absolute atomic E-state index is 0.0167. The first kappa shape index (κ1) is 21.3. The summed E-state index contributed by atoms with van der Waals surface area (Å²) >= 11 is 0. The molecule has 1 aliphatic rings. The van der Waals surface area contributed by atoms with Gasteiger partial charge < -0.3 is 15.5 Å². The Hall–Kier alpha value is -3.93. The molecule has 32 heavy (non-hydrogen) atoms. The number of nitrogens with one attached hydrogen (secondary N) is 2. The van der Waals surface area contributed by atoms with Crippen LogP contribution in [0.15, 0.2) is 66.7 Å². The molecule has 3 amide bonds. The lowest BCUT2D eigenvalue weighted by molar-refractivity contribution is 0.0987. The molecule has 0 fully saturated rings. The summed E-state index contributed by atoms with van der Waals surface area (Å²) in [5.41, 5.74) is 5.80. The lowest BCUT2D eigenvalue weighted by atomic mass is 10.1. The molecule has 6 heteroatoms. The second kappa shape index (κ2) is 9.06. The molecule has 6 nitrogen and oxygen atoms in total. The Morgan fingerprint density at radius 3 is 2.47 bits per heavy atom. The van der Waals surface area contributed by atoms with Gasteiger partial charge in [-0.05, 0) is 61.7 Å². The topological polar surface area (TPSA) is 78.5 Å². The van der Waals surface area contributed by atoms with Crippen LogP contribution in [0.2, 0.25) is 0 Å². The molecule has 0 atom stereocenters. The zero-order valence-corrected chi connectivity index (χ0v) is 18.1. The zero-order chi connectivity index (χ0) is 22.7. The Labute approximate surface area is 187 Å². The number of ketones is 1. The van der Waals surface area contributed by atoms with Gasteiger partial charge in [-0.25, -0.2) is 4.79 Å². The van der Waals surface area contributed by atoms with Gasteiger partial charge in [0.1, 0.15) is 0 Å². The van der Waals surface area contributed by atoms with E-state index in [2.05, 4.69) is 10.6 Å². The number of aryl methyl sites for hydroxylation is 1. The summed E-state index contributed by atoms with van der Waals surface area (Å²) in [5.74, 6) is -0.0751. The van der Waals surface area contributed by atoms with E-state index in [-0.39, 0.29) is 17.7 Å². The van der Waals surface area contributed by atoms with Crippen LogP contribution in [0.4, 0.5) is 16.2 Å². The number of fused-ring (bicyclic) bond motifs is 1. The van der Waals surface area contributed by atoms with Gasteiger partial charge in [0.05, 0.1) is 0 Å². The van der Waals surface area contributed by atoms with Crippen molar-refractivity contribution in [1.29, 1.82) is 0 Å². The van der Waals surface area contributed by atoms with Crippen LogP contribution in [0.3, 0.4) is 0 Å². The van der Waals surface area contributed by atoms with E-state index in [0.29, 0.717) is 29.9 Å². The average molecular weight is 428 g/mol. The number of nitrogens with zero attached hydrogens (tertiary/aromatic N) is 1. The van der Waals surface area contributed by atoms with Crippen molar-refractivity contribution in [1.82, 2.24) is 5.32 Å². The first-order valence-electron chi connectivity index (χ1n) is 10.6. The van der Waals surface area contributed by atoms with Crippen LogP contribution in [0.25, 0.3) is 0 Å². The van der Waals surface area contributed by atoms with Crippen molar-refractivity contribution in [2.24, 2.45) is 0 Å². The van der Waals surface area contributed by atoms with E-state index in [9.17, 15) is 14.4 Å². The van der Waals surface area contributed by atoms with Gasteiger partial charge in [0.25, 0.3) is 5.91 Å². The van der Waals surface area contributed by atoms with Crippen molar-refractivity contribution < 1.29 is 14.4 Å². The Morgan fingerprint density at radius 1 is 0.938 bits per heavy atom. The summed E-state index contributed by atoms with van der Waals surface area (Å²) in [4.78, 5) is 38.6. The number of carbonyl (C=O) groups is 3. The monoisotopic (exact) mass is 427 g/mol. The smallest absolute Gasteiger partial charge is 0.319 e. The number of rotatable bonds is 5. The summed E-state index contributed by atoms with van der Waals surface area (Å²) in [6, 6.07) is 20.0. The van der Waals surface area contributed by atoms with E-state index in [1.54, 1.807) is 29.2 Å². The lowest BCUT2D eigenvalue weighted by Crippen LogP contribution is -2.29. The first-order valence-corrected chi connectivity index (χ1v) is 10.6. The Bertz CT molecular complexity index is 1190. The van der Waals surface area contributed by atoms with Gasteiger partial charge in [0.15, 0.2) is 5.78 Å². The molecule has 0 bridgehead atoms. The fourth-order valence-corrected chi connectivity index (χ4v) is 3.77. The molecule has 1 heterocycles. The molecule has 0 saturated carbocycles. The Morgan fingerprint density at radius 2 is 1.72 bits per heavy atom. The van der Waals surface area contributed by atoms with Crippen molar-refractivity contribution in [2.45, 2.75) is 26.8 Å². The predicted molar refractivity (Wildman–Crippen MR) is 125 cm³/mol. The molecule has 0 saturated heterocycles. The SMILES string of the molecule is CC(=O)c1cccc(NC(=O)NCc2ccc3c(c2)N(C(=O)c2ccc(C)cc2)CC3)c1. The van der Waals surface area contributed by atoms with Crippen LogP contribution in [0.5, 0.6) is 0 Å². The maximum atomic E-state index is 13.0. The van der Waals surface area contributed by atoms with E-state index in [1.165, 1.54) is 6.92 Å². The highest BCUT2D eigenvalue weighted by Gasteiger charge is 2.25. The van der Waals surface area contributed by atoms with E-state index >= 15 is 0 Å². The van der Waals surface area contributed by atoms with Gasteiger partial charge in [-0.1, -0.05) is 42.0 Å². The average Bonchev–Trinajstić information content (AvgIpc) is 3.21. The van der Waals surface area contributed by atoms with E-state index in [4.69, 9.17) is 0 Å². The fourth-order valence-electron chi connectivity index (χ4n) is 3.77. The largest absolute Gasteiger partial charge is 0.334 e. The van der Waals surface area contributed by atoms with Gasteiger partial charge in [-0.3, -0.25) is 9.59 Å². The molecule has 3 aromatic carbocycles. The second-order valence-electron chi connectivity index (χ2n) is 7.98. The number of hydrogen-bond donors (Lipinski definition) is 2. The third-order valence-electron chi connectivity index (χ3n) is 5.57. The minimum Gasteiger partial charge on any atom is -0.334 e. The molecule has 0 aromatic heterocycles. The minimum atomic E-state index is -0.362. The number of amides is 3. The number of anilines is 2. The van der Waals surface area contributed by atoms with Crippen LogP contribution in [-0.2, 0) is 13.0 Å². The summed E-state index contributed by atoms with van der Waals surface area (Å²) in [6.45, 7) is 4.44. The first-order chi connectivity index (χ1) is 15.4. The van der Waals surface area contributed by atoms with Crippen molar-refractivity contribution in [3.8, 4) is 0 Å². The van der Waals surface area contributed by atoms with E-state index in [1.807, 2.05) is 49.4 Å². The third kappa shape index (κ3) is 4.70.